The minimum absolute atomic E-state index is 0.0299. The minimum atomic E-state index is -0.713. The first-order valence-electron chi connectivity index (χ1n) is 6.74. The summed E-state index contributed by atoms with van der Waals surface area (Å²) >= 11 is 3.45. The Morgan fingerprint density at radius 1 is 1.43 bits per heavy atom. The van der Waals surface area contributed by atoms with Crippen LogP contribution in [0.25, 0.3) is 0 Å². The second-order valence-corrected chi connectivity index (χ2v) is 6.13. The number of ether oxygens (including phenoxy) is 2. The smallest absolute Gasteiger partial charge is 0.411 e. The number of benzene rings is 1. The fourth-order valence-electron chi connectivity index (χ4n) is 2.40. The SMILES string of the molecule is COC(=O)[C@H]1[C@H](C(C)C)OC(=O)N1Cc1ccccc1Br. The first-order valence-corrected chi connectivity index (χ1v) is 7.53. The van der Waals surface area contributed by atoms with Crippen molar-refractivity contribution in [1.82, 2.24) is 4.90 Å². The van der Waals surface area contributed by atoms with Crippen LogP contribution in [0.3, 0.4) is 0 Å². The van der Waals surface area contributed by atoms with E-state index in [1.165, 1.54) is 12.0 Å². The van der Waals surface area contributed by atoms with E-state index < -0.39 is 24.2 Å². The van der Waals surface area contributed by atoms with Gasteiger partial charge in [0, 0.05) is 4.47 Å². The summed E-state index contributed by atoms with van der Waals surface area (Å²) in [5, 5.41) is 0. The third-order valence-corrected chi connectivity index (χ3v) is 4.29. The van der Waals surface area contributed by atoms with Crippen molar-refractivity contribution in [3.63, 3.8) is 0 Å². The molecular weight excluding hydrogens is 338 g/mol. The highest BCUT2D eigenvalue weighted by Gasteiger charge is 2.48. The van der Waals surface area contributed by atoms with Gasteiger partial charge in [0.1, 0.15) is 6.10 Å². The van der Waals surface area contributed by atoms with Crippen LogP contribution in [0, 0.1) is 5.92 Å². The molecule has 1 amide bonds. The number of nitrogens with zero attached hydrogens (tertiary/aromatic N) is 1. The standard InChI is InChI=1S/C15H18BrNO4/c1-9(2)13-12(14(18)20-3)17(15(19)21-13)8-10-6-4-5-7-11(10)16/h4-7,9,12-13H,8H2,1-3H3/t12-,13+/m1/s1. The van der Waals surface area contributed by atoms with Crippen LogP contribution in [-0.4, -0.2) is 36.2 Å². The number of hydrogen-bond donors (Lipinski definition) is 0. The maximum atomic E-state index is 12.1. The van der Waals surface area contributed by atoms with Crippen LogP contribution >= 0.6 is 15.9 Å². The lowest BCUT2D eigenvalue weighted by Crippen LogP contribution is -2.44. The lowest BCUT2D eigenvalue weighted by atomic mass is 9.99. The van der Waals surface area contributed by atoms with Gasteiger partial charge in [0.2, 0.25) is 0 Å². The van der Waals surface area contributed by atoms with Gasteiger partial charge in [0.15, 0.2) is 6.04 Å². The van der Waals surface area contributed by atoms with Gasteiger partial charge in [0.05, 0.1) is 13.7 Å². The molecular formula is C15H18BrNO4. The van der Waals surface area contributed by atoms with Gasteiger partial charge in [-0.1, -0.05) is 48.0 Å². The van der Waals surface area contributed by atoms with Gasteiger partial charge in [-0.05, 0) is 17.5 Å². The van der Waals surface area contributed by atoms with Crippen LogP contribution < -0.4 is 0 Å². The highest BCUT2D eigenvalue weighted by atomic mass is 79.9. The summed E-state index contributed by atoms with van der Waals surface area (Å²) in [6.07, 6.45) is -0.979. The molecule has 0 N–H and O–H groups in total. The number of amides is 1. The number of rotatable bonds is 4. The summed E-state index contributed by atoms with van der Waals surface area (Å²) in [6.45, 7) is 4.12. The molecule has 0 bridgehead atoms. The lowest BCUT2D eigenvalue weighted by Gasteiger charge is -2.24. The highest BCUT2D eigenvalue weighted by molar-refractivity contribution is 9.10. The van der Waals surface area contributed by atoms with E-state index in [2.05, 4.69) is 15.9 Å². The average molecular weight is 356 g/mol. The second-order valence-electron chi connectivity index (χ2n) is 5.28. The van der Waals surface area contributed by atoms with Gasteiger partial charge in [-0.3, -0.25) is 4.90 Å². The Labute approximate surface area is 132 Å². The van der Waals surface area contributed by atoms with Gasteiger partial charge >= 0.3 is 12.1 Å². The molecule has 1 fully saturated rings. The predicted octanol–water partition coefficient (Wildman–Crippen LogP) is 2.97. The van der Waals surface area contributed by atoms with E-state index in [1.807, 2.05) is 38.1 Å². The minimum Gasteiger partial charge on any atom is -0.467 e. The third kappa shape index (κ3) is 3.20. The average Bonchev–Trinajstić information content (AvgIpc) is 2.78. The monoisotopic (exact) mass is 355 g/mol. The van der Waals surface area contributed by atoms with Crippen LogP contribution in [0.4, 0.5) is 4.79 Å². The van der Waals surface area contributed by atoms with Crippen LogP contribution in [-0.2, 0) is 20.8 Å². The molecule has 1 aliphatic heterocycles. The Hall–Kier alpha value is -1.56. The van der Waals surface area contributed by atoms with Gasteiger partial charge in [-0.2, -0.15) is 0 Å². The zero-order valence-electron chi connectivity index (χ0n) is 12.2. The number of carbonyl (C=O) groups is 2. The van der Waals surface area contributed by atoms with E-state index in [0.29, 0.717) is 6.54 Å². The van der Waals surface area contributed by atoms with Gasteiger partial charge in [0.25, 0.3) is 0 Å². The molecule has 2 rings (SSSR count). The molecule has 0 aromatic heterocycles. The topological polar surface area (TPSA) is 55.8 Å². The molecule has 21 heavy (non-hydrogen) atoms. The van der Waals surface area contributed by atoms with Crippen LogP contribution in [0.15, 0.2) is 28.7 Å². The molecule has 1 aromatic rings. The summed E-state index contributed by atoms with van der Waals surface area (Å²) < 4.78 is 11.1. The van der Waals surface area contributed by atoms with E-state index >= 15 is 0 Å². The van der Waals surface area contributed by atoms with E-state index in [4.69, 9.17) is 9.47 Å². The van der Waals surface area contributed by atoms with Crippen molar-refractivity contribution in [2.75, 3.05) is 7.11 Å². The molecule has 6 heteroatoms. The molecule has 1 aromatic carbocycles. The zero-order valence-corrected chi connectivity index (χ0v) is 13.8. The highest BCUT2D eigenvalue weighted by Crippen LogP contribution is 2.29. The molecule has 0 unspecified atom stereocenters. The van der Waals surface area contributed by atoms with Gasteiger partial charge in [-0.15, -0.1) is 0 Å². The molecule has 5 nitrogen and oxygen atoms in total. The largest absolute Gasteiger partial charge is 0.467 e. The van der Waals surface area contributed by atoms with Crippen LogP contribution in [0.5, 0.6) is 0 Å². The molecule has 0 saturated carbocycles. The lowest BCUT2D eigenvalue weighted by molar-refractivity contribution is -0.147. The number of hydrogen-bond acceptors (Lipinski definition) is 4. The van der Waals surface area contributed by atoms with E-state index in [9.17, 15) is 9.59 Å². The van der Waals surface area contributed by atoms with E-state index in [-0.39, 0.29) is 5.92 Å². The van der Waals surface area contributed by atoms with Crippen molar-refractivity contribution in [2.24, 2.45) is 5.92 Å². The number of methoxy groups -OCH3 is 1. The van der Waals surface area contributed by atoms with Crippen molar-refractivity contribution < 1.29 is 19.1 Å². The summed E-state index contributed by atoms with van der Waals surface area (Å²) in [7, 11) is 1.32. The summed E-state index contributed by atoms with van der Waals surface area (Å²) in [5.41, 5.74) is 0.910. The maximum absolute atomic E-state index is 12.1. The van der Waals surface area contributed by atoms with Crippen molar-refractivity contribution >= 4 is 28.0 Å². The summed E-state index contributed by atoms with van der Waals surface area (Å²) in [5.74, 6) is -0.422. The van der Waals surface area contributed by atoms with E-state index in [0.717, 1.165) is 10.0 Å². The quantitative estimate of drug-likeness (QED) is 0.779. The first-order chi connectivity index (χ1) is 9.95. The zero-order chi connectivity index (χ0) is 15.6. The molecule has 1 aliphatic rings. The van der Waals surface area contributed by atoms with Crippen LogP contribution in [0.1, 0.15) is 19.4 Å². The van der Waals surface area contributed by atoms with E-state index in [1.54, 1.807) is 0 Å². The Bertz CT molecular complexity index is 546. The normalized spacial score (nSPS) is 21.6. The number of esters is 1. The fourth-order valence-corrected chi connectivity index (χ4v) is 2.81. The molecule has 0 radical (unpaired) electrons. The molecule has 0 spiro atoms. The Morgan fingerprint density at radius 2 is 2.10 bits per heavy atom. The number of halogens is 1. The second kappa shape index (κ2) is 6.47. The van der Waals surface area contributed by atoms with Crippen molar-refractivity contribution in [2.45, 2.75) is 32.5 Å². The van der Waals surface area contributed by atoms with Crippen LogP contribution in [0.2, 0.25) is 0 Å². The maximum Gasteiger partial charge on any atom is 0.411 e. The first kappa shape index (κ1) is 15.8. The Morgan fingerprint density at radius 3 is 2.67 bits per heavy atom. The van der Waals surface area contributed by atoms with Gasteiger partial charge < -0.3 is 9.47 Å². The molecule has 2 atom stereocenters. The van der Waals surface area contributed by atoms with Crippen molar-refractivity contribution in [3.05, 3.63) is 34.3 Å². The summed E-state index contributed by atoms with van der Waals surface area (Å²) in [4.78, 5) is 25.6. The third-order valence-electron chi connectivity index (χ3n) is 3.52. The number of cyclic esters (lactones) is 1. The molecule has 1 saturated heterocycles. The summed E-state index contributed by atoms with van der Waals surface area (Å²) in [6, 6.07) is 6.85. The molecule has 0 aliphatic carbocycles. The fraction of sp³-hybridized carbons (Fsp3) is 0.467. The Kier molecular flexibility index (Phi) is 4.88. The van der Waals surface area contributed by atoms with Gasteiger partial charge in [-0.25, -0.2) is 9.59 Å². The molecule has 1 heterocycles. The predicted molar refractivity (Wildman–Crippen MR) is 80.6 cm³/mol. The number of carbonyl (C=O) groups excluding carboxylic acids is 2. The van der Waals surface area contributed by atoms with Crippen molar-refractivity contribution in [1.29, 1.82) is 0 Å². The molecule has 114 valence electrons. The Balaban J connectivity index is 2.29. The van der Waals surface area contributed by atoms with Crippen molar-refractivity contribution in [3.8, 4) is 0 Å².